The molecule has 3 nitrogen and oxygen atoms in total. The van der Waals surface area contributed by atoms with Gasteiger partial charge in [-0.25, -0.2) is 0 Å². The molecule has 0 bridgehead atoms. The van der Waals surface area contributed by atoms with Crippen LogP contribution in [0.4, 0.5) is 0 Å². The van der Waals surface area contributed by atoms with Crippen molar-refractivity contribution in [1.82, 2.24) is 5.32 Å². The molecule has 0 aliphatic heterocycles. The van der Waals surface area contributed by atoms with Gasteiger partial charge in [0.25, 0.3) is 0 Å². The quantitative estimate of drug-likeness (QED) is 0.870. The zero-order valence-corrected chi connectivity index (χ0v) is 12.0. The molecule has 1 aromatic carbocycles. The summed E-state index contributed by atoms with van der Waals surface area (Å²) in [6.07, 6.45) is 4.50. The van der Waals surface area contributed by atoms with Crippen molar-refractivity contribution in [2.24, 2.45) is 11.8 Å². The summed E-state index contributed by atoms with van der Waals surface area (Å²) < 4.78 is 0. The van der Waals surface area contributed by atoms with Crippen LogP contribution in [0.15, 0.2) is 24.3 Å². The van der Waals surface area contributed by atoms with Crippen molar-refractivity contribution in [2.45, 2.75) is 51.2 Å². The second-order valence-electron chi connectivity index (χ2n) is 6.43. The molecule has 2 aliphatic carbocycles. The highest BCUT2D eigenvalue weighted by Crippen LogP contribution is 2.33. The van der Waals surface area contributed by atoms with E-state index in [1.165, 1.54) is 6.42 Å². The van der Waals surface area contributed by atoms with Crippen LogP contribution in [0.2, 0.25) is 0 Å². The first kappa shape index (κ1) is 13.6. The Morgan fingerprint density at radius 3 is 2.90 bits per heavy atom. The van der Waals surface area contributed by atoms with Crippen LogP contribution in [-0.2, 0) is 11.2 Å². The summed E-state index contributed by atoms with van der Waals surface area (Å²) >= 11 is 0. The fourth-order valence-electron chi connectivity index (χ4n) is 3.69. The van der Waals surface area contributed by atoms with E-state index in [-0.39, 0.29) is 17.9 Å². The average molecular weight is 273 g/mol. The van der Waals surface area contributed by atoms with E-state index >= 15 is 0 Å². The normalized spacial score (nSPS) is 32.7. The van der Waals surface area contributed by atoms with E-state index in [2.05, 4.69) is 12.2 Å². The second kappa shape index (κ2) is 5.57. The maximum atomic E-state index is 12.4. The van der Waals surface area contributed by atoms with Gasteiger partial charge in [-0.2, -0.15) is 0 Å². The third kappa shape index (κ3) is 2.59. The number of carbonyl (C=O) groups excluding carboxylic acids is 1. The molecule has 1 amide bonds. The van der Waals surface area contributed by atoms with Crippen molar-refractivity contribution in [3.63, 3.8) is 0 Å². The van der Waals surface area contributed by atoms with Gasteiger partial charge in [-0.1, -0.05) is 44.0 Å². The Kier molecular flexibility index (Phi) is 3.79. The minimum Gasteiger partial charge on any atom is -0.390 e. The molecule has 0 aromatic heterocycles. The molecule has 2 N–H and O–H groups in total. The Bertz CT molecular complexity index is 500. The number of rotatable bonds is 2. The van der Waals surface area contributed by atoms with E-state index in [1.54, 1.807) is 0 Å². The highest BCUT2D eigenvalue weighted by molar-refractivity contribution is 5.79. The summed E-state index contributed by atoms with van der Waals surface area (Å²) in [7, 11) is 0. The average Bonchev–Trinajstić information content (AvgIpc) is 2.75. The molecule has 108 valence electrons. The third-order valence-electron chi connectivity index (χ3n) is 4.81. The molecule has 3 rings (SSSR count). The lowest BCUT2D eigenvalue weighted by molar-refractivity contribution is -0.128. The fourth-order valence-corrected chi connectivity index (χ4v) is 3.69. The Balaban J connectivity index is 1.70. The van der Waals surface area contributed by atoms with Crippen molar-refractivity contribution >= 4 is 5.91 Å². The molecule has 1 saturated carbocycles. The summed E-state index contributed by atoms with van der Waals surface area (Å²) in [5.74, 6) is 0.885. The number of aliphatic hydroxyl groups is 1. The van der Waals surface area contributed by atoms with Gasteiger partial charge in [0, 0.05) is 12.3 Å². The highest BCUT2D eigenvalue weighted by Gasteiger charge is 2.34. The van der Waals surface area contributed by atoms with Gasteiger partial charge < -0.3 is 10.4 Å². The Labute approximate surface area is 120 Å². The predicted molar refractivity (Wildman–Crippen MR) is 78.2 cm³/mol. The molecule has 1 aromatic rings. The van der Waals surface area contributed by atoms with Crippen LogP contribution >= 0.6 is 0 Å². The number of aliphatic hydroxyl groups excluding tert-OH is 1. The van der Waals surface area contributed by atoms with Crippen molar-refractivity contribution in [1.29, 1.82) is 0 Å². The number of carbonyl (C=O) groups is 1. The lowest BCUT2D eigenvalue weighted by atomic mass is 9.82. The standard InChI is InChI=1S/C17H23NO2/c1-11-5-4-7-13(9-11)17(20)18-16-14-8-3-2-6-12(14)10-15(16)19/h2-3,6,8,11,13,15-16,19H,4-5,7,9-10H2,1H3,(H,18,20). The van der Waals surface area contributed by atoms with E-state index in [0.717, 1.165) is 30.4 Å². The van der Waals surface area contributed by atoms with Crippen LogP contribution in [0.25, 0.3) is 0 Å². The smallest absolute Gasteiger partial charge is 0.223 e. The van der Waals surface area contributed by atoms with Crippen LogP contribution < -0.4 is 5.32 Å². The van der Waals surface area contributed by atoms with Gasteiger partial charge in [0.1, 0.15) is 0 Å². The summed E-state index contributed by atoms with van der Waals surface area (Å²) in [5.41, 5.74) is 2.24. The zero-order valence-electron chi connectivity index (χ0n) is 12.0. The first-order valence-electron chi connectivity index (χ1n) is 7.71. The van der Waals surface area contributed by atoms with E-state index in [9.17, 15) is 9.90 Å². The maximum absolute atomic E-state index is 12.4. The molecule has 2 aliphatic rings. The van der Waals surface area contributed by atoms with Gasteiger partial charge >= 0.3 is 0 Å². The van der Waals surface area contributed by atoms with Crippen molar-refractivity contribution in [2.75, 3.05) is 0 Å². The molecule has 3 heteroatoms. The largest absolute Gasteiger partial charge is 0.390 e. The summed E-state index contributed by atoms with van der Waals surface area (Å²) in [6.45, 7) is 2.22. The second-order valence-corrected chi connectivity index (χ2v) is 6.43. The first-order valence-corrected chi connectivity index (χ1v) is 7.71. The number of benzene rings is 1. The highest BCUT2D eigenvalue weighted by atomic mass is 16.3. The van der Waals surface area contributed by atoms with Gasteiger partial charge in [-0.05, 0) is 29.9 Å². The molecule has 20 heavy (non-hydrogen) atoms. The molecule has 4 atom stereocenters. The van der Waals surface area contributed by atoms with Gasteiger partial charge in [-0.15, -0.1) is 0 Å². The summed E-state index contributed by atoms with van der Waals surface area (Å²) in [5, 5.41) is 13.3. The molecule has 0 radical (unpaired) electrons. The predicted octanol–water partition coefficient (Wildman–Crippen LogP) is 2.59. The maximum Gasteiger partial charge on any atom is 0.223 e. The topological polar surface area (TPSA) is 49.3 Å². The zero-order chi connectivity index (χ0) is 14.1. The minimum atomic E-state index is -0.489. The molecule has 1 fully saturated rings. The van der Waals surface area contributed by atoms with Crippen LogP contribution in [0, 0.1) is 11.8 Å². The number of hydrogen-bond donors (Lipinski definition) is 2. The Morgan fingerprint density at radius 2 is 2.10 bits per heavy atom. The van der Waals surface area contributed by atoms with Gasteiger partial charge in [0.15, 0.2) is 0 Å². The van der Waals surface area contributed by atoms with Crippen LogP contribution in [0.5, 0.6) is 0 Å². The number of amides is 1. The third-order valence-corrected chi connectivity index (χ3v) is 4.81. The lowest BCUT2D eigenvalue weighted by Gasteiger charge is -2.28. The van der Waals surface area contributed by atoms with E-state index in [4.69, 9.17) is 0 Å². The molecule has 0 heterocycles. The van der Waals surface area contributed by atoms with E-state index in [0.29, 0.717) is 12.3 Å². The van der Waals surface area contributed by atoms with Gasteiger partial charge in [0.2, 0.25) is 5.91 Å². The van der Waals surface area contributed by atoms with Crippen molar-refractivity contribution in [3.05, 3.63) is 35.4 Å². The summed E-state index contributed by atoms with van der Waals surface area (Å²) in [4.78, 5) is 12.4. The Hall–Kier alpha value is -1.35. The number of hydrogen-bond acceptors (Lipinski definition) is 2. The van der Waals surface area contributed by atoms with E-state index in [1.807, 2.05) is 24.3 Å². The minimum absolute atomic E-state index is 0.123. The van der Waals surface area contributed by atoms with Gasteiger partial charge in [-0.3, -0.25) is 4.79 Å². The molecule has 4 unspecified atom stereocenters. The van der Waals surface area contributed by atoms with Crippen LogP contribution in [0.1, 0.15) is 49.8 Å². The summed E-state index contributed by atoms with van der Waals surface area (Å²) in [6, 6.07) is 7.78. The fraction of sp³-hybridized carbons (Fsp3) is 0.588. The number of fused-ring (bicyclic) bond motifs is 1. The SMILES string of the molecule is CC1CCCC(C(=O)NC2c3ccccc3CC2O)C1. The monoisotopic (exact) mass is 273 g/mol. The lowest BCUT2D eigenvalue weighted by Crippen LogP contribution is -2.39. The van der Waals surface area contributed by atoms with Crippen molar-refractivity contribution in [3.8, 4) is 0 Å². The van der Waals surface area contributed by atoms with E-state index < -0.39 is 6.10 Å². The Morgan fingerprint density at radius 1 is 1.30 bits per heavy atom. The number of nitrogens with one attached hydrogen (secondary N) is 1. The molecule has 0 spiro atoms. The van der Waals surface area contributed by atoms with Gasteiger partial charge in [0.05, 0.1) is 12.1 Å². The van der Waals surface area contributed by atoms with Crippen LogP contribution in [0.3, 0.4) is 0 Å². The van der Waals surface area contributed by atoms with Crippen LogP contribution in [-0.4, -0.2) is 17.1 Å². The first-order chi connectivity index (χ1) is 9.65. The molecule has 0 saturated heterocycles. The molecular weight excluding hydrogens is 250 g/mol. The molecular formula is C17H23NO2. The van der Waals surface area contributed by atoms with Crippen molar-refractivity contribution < 1.29 is 9.90 Å².